The van der Waals surface area contributed by atoms with Crippen molar-refractivity contribution in [2.45, 2.75) is 6.10 Å². The lowest BCUT2D eigenvalue weighted by Gasteiger charge is -2.11. The Bertz CT molecular complexity index is 226. The van der Waals surface area contributed by atoms with Gasteiger partial charge in [-0.05, 0) is 0 Å². The van der Waals surface area contributed by atoms with Crippen molar-refractivity contribution in [3.05, 3.63) is 0 Å². The van der Waals surface area contributed by atoms with Gasteiger partial charge in [-0.15, -0.1) is 0 Å². The monoisotopic (exact) mass is 182 g/mol. The Morgan fingerprint density at radius 2 is 2.36 bits per heavy atom. The summed E-state index contributed by atoms with van der Waals surface area (Å²) in [6.07, 6.45) is -0.724. The molecular weight excluding hydrogens is 172 g/mol. The summed E-state index contributed by atoms with van der Waals surface area (Å²) in [6, 6.07) is 0. The molecule has 6 nitrogen and oxygen atoms in total. The third-order valence-electron chi connectivity index (χ3n) is 1.30. The summed E-state index contributed by atoms with van der Waals surface area (Å²) in [5, 5.41) is 8.90. The van der Waals surface area contributed by atoms with Crippen molar-refractivity contribution in [2.75, 3.05) is 20.2 Å². The molecule has 0 saturated carbocycles. The Morgan fingerprint density at radius 3 is 2.73 bits per heavy atom. The highest BCUT2D eigenvalue weighted by atomic mass is 32.2. The molecule has 0 radical (unpaired) electrons. The van der Waals surface area contributed by atoms with E-state index in [9.17, 15) is 8.42 Å². The normalized spacial score (nSPS) is 27.6. The predicted octanol–water partition coefficient (Wildman–Crippen LogP) is -1.94. The molecule has 1 fully saturated rings. The lowest BCUT2D eigenvalue weighted by molar-refractivity contribution is -0.0325. The van der Waals surface area contributed by atoms with Crippen LogP contribution in [0.25, 0.3) is 0 Å². The number of aliphatic hydroxyl groups is 1. The van der Waals surface area contributed by atoms with Crippen molar-refractivity contribution in [1.82, 2.24) is 9.19 Å². The van der Waals surface area contributed by atoms with Crippen molar-refractivity contribution < 1.29 is 18.4 Å². The van der Waals surface area contributed by atoms with Gasteiger partial charge in [-0.25, -0.2) is 4.72 Å². The summed E-state index contributed by atoms with van der Waals surface area (Å²) in [4.78, 5) is 4.65. The number of hydrogen-bond donors (Lipinski definition) is 2. The minimum atomic E-state index is -3.53. The van der Waals surface area contributed by atoms with Crippen LogP contribution in [-0.2, 0) is 15.0 Å². The zero-order valence-electron chi connectivity index (χ0n) is 6.02. The van der Waals surface area contributed by atoms with Gasteiger partial charge in [-0.3, -0.25) is 4.84 Å². The first-order valence-electron chi connectivity index (χ1n) is 3.08. The van der Waals surface area contributed by atoms with Gasteiger partial charge in [0.15, 0.2) is 0 Å². The summed E-state index contributed by atoms with van der Waals surface area (Å²) in [7, 11) is -2.25. The maximum absolute atomic E-state index is 10.9. The highest BCUT2D eigenvalue weighted by Gasteiger charge is 2.30. The molecule has 7 heteroatoms. The molecule has 66 valence electrons. The second-order valence-electron chi connectivity index (χ2n) is 2.14. The number of rotatable bonds is 2. The molecule has 0 aromatic rings. The fourth-order valence-corrected chi connectivity index (χ4v) is 1.49. The Hall–Kier alpha value is -0.210. The number of aliphatic hydroxyl groups excluding tert-OH is 1. The highest BCUT2D eigenvalue weighted by molar-refractivity contribution is 7.87. The molecule has 1 rings (SSSR count). The smallest absolute Gasteiger partial charge is 0.301 e. The molecule has 0 aliphatic carbocycles. The summed E-state index contributed by atoms with van der Waals surface area (Å²) >= 11 is 0. The van der Waals surface area contributed by atoms with Gasteiger partial charge in [0.1, 0.15) is 0 Å². The van der Waals surface area contributed by atoms with Crippen LogP contribution < -0.4 is 4.72 Å². The average Bonchev–Trinajstić information content (AvgIpc) is 2.36. The van der Waals surface area contributed by atoms with Crippen molar-refractivity contribution in [2.24, 2.45) is 0 Å². The van der Waals surface area contributed by atoms with Gasteiger partial charge in [0, 0.05) is 7.05 Å². The first-order valence-corrected chi connectivity index (χ1v) is 4.52. The standard InChI is InChI=1S/C4H10N2O4S/c1-5-11(8,9)6-2-4(7)3-10-6/h4-5,7H,2-3H2,1H3/t4-/m1/s1. The van der Waals surface area contributed by atoms with Gasteiger partial charge in [0.2, 0.25) is 0 Å². The van der Waals surface area contributed by atoms with Crippen LogP contribution >= 0.6 is 0 Å². The molecule has 2 N–H and O–H groups in total. The molecule has 1 saturated heterocycles. The molecule has 1 atom stereocenters. The zero-order valence-corrected chi connectivity index (χ0v) is 6.84. The van der Waals surface area contributed by atoms with E-state index < -0.39 is 16.3 Å². The highest BCUT2D eigenvalue weighted by Crippen LogP contribution is 2.08. The van der Waals surface area contributed by atoms with Crippen LogP contribution in [0.15, 0.2) is 0 Å². The first-order chi connectivity index (χ1) is 5.06. The number of nitrogens with one attached hydrogen (secondary N) is 1. The summed E-state index contributed by atoms with van der Waals surface area (Å²) < 4.78 is 24.7. The second-order valence-corrected chi connectivity index (χ2v) is 3.91. The van der Waals surface area contributed by atoms with E-state index in [-0.39, 0.29) is 13.2 Å². The lowest BCUT2D eigenvalue weighted by Crippen LogP contribution is -2.36. The van der Waals surface area contributed by atoms with Crippen LogP contribution in [0.5, 0.6) is 0 Å². The summed E-state index contributed by atoms with van der Waals surface area (Å²) in [5.74, 6) is 0. The van der Waals surface area contributed by atoms with Gasteiger partial charge in [0.05, 0.1) is 19.3 Å². The van der Waals surface area contributed by atoms with Crippen LogP contribution in [0.1, 0.15) is 0 Å². The van der Waals surface area contributed by atoms with E-state index in [1.54, 1.807) is 0 Å². The minimum Gasteiger partial charge on any atom is -0.389 e. The topological polar surface area (TPSA) is 78.9 Å². The Labute approximate surface area is 64.9 Å². The van der Waals surface area contributed by atoms with Gasteiger partial charge in [-0.1, -0.05) is 4.47 Å². The minimum absolute atomic E-state index is 0.0107. The maximum Gasteiger partial charge on any atom is 0.301 e. The van der Waals surface area contributed by atoms with E-state index in [0.717, 1.165) is 4.47 Å². The number of β-amino-alcohol motifs (C(OH)–C–C–N with tert-alkyl or cyclic N) is 1. The molecule has 0 aromatic heterocycles. The summed E-state index contributed by atoms with van der Waals surface area (Å²) in [6.45, 7) is 0.0179. The SMILES string of the molecule is CNS(=O)(=O)N1C[C@@H](O)CO1. The van der Waals surface area contributed by atoms with Gasteiger partial charge >= 0.3 is 10.2 Å². The molecule has 0 bridgehead atoms. The molecule has 0 unspecified atom stereocenters. The predicted molar refractivity (Wildman–Crippen MR) is 36.6 cm³/mol. The van der Waals surface area contributed by atoms with E-state index in [1.807, 2.05) is 0 Å². The third-order valence-corrected chi connectivity index (χ3v) is 2.60. The Balaban J connectivity index is 2.64. The van der Waals surface area contributed by atoms with E-state index in [4.69, 9.17) is 5.11 Å². The van der Waals surface area contributed by atoms with Gasteiger partial charge in [0.25, 0.3) is 0 Å². The quantitative estimate of drug-likeness (QED) is 0.520. The first kappa shape index (κ1) is 8.88. The fraction of sp³-hybridized carbons (Fsp3) is 1.00. The van der Waals surface area contributed by atoms with E-state index in [0.29, 0.717) is 0 Å². The van der Waals surface area contributed by atoms with Crippen LogP contribution in [0.4, 0.5) is 0 Å². The largest absolute Gasteiger partial charge is 0.389 e. The summed E-state index contributed by atoms with van der Waals surface area (Å²) in [5.41, 5.74) is 0. The number of hydroxylamine groups is 1. The molecule has 1 heterocycles. The average molecular weight is 182 g/mol. The van der Waals surface area contributed by atoms with Crippen LogP contribution in [0.3, 0.4) is 0 Å². The molecule has 1 aliphatic heterocycles. The van der Waals surface area contributed by atoms with Crippen molar-refractivity contribution in [3.63, 3.8) is 0 Å². The zero-order chi connectivity index (χ0) is 8.48. The second kappa shape index (κ2) is 3.03. The van der Waals surface area contributed by atoms with Crippen LogP contribution in [0, 0.1) is 0 Å². The maximum atomic E-state index is 10.9. The number of hydrogen-bond acceptors (Lipinski definition) is 4. The molecule has 11 heavy (non-hydrogen) atoms. The third kappa shape index (κ3) is 1.88. The van der Waals surface area contributed by atoms with Crippen molar-refractivity contribution in [3.8, 4) is 0 Å². The molecule has 0 spiro atoms. The van der Waals surface area contributed by atoms with Crippen molar-refractivity contribution in [1.29, 1.82) is 0 Å². The lowest BCUT2D eigenvalue weighted by atomic mass is 10.4. The van der Waals surface area contributed by atoms with Crippen molar-refractivity contribution >= 4 is 10.2 Å². The van der Waals surface area contributed by atoms with E-state index >= 15 is 0 Å². The van der Waals surface area contributed by atoms with Crippen LogP contribution in [0.2, 0.25) is 0 Å². The Morgan fingerprint density at radius 1 is 1.73 bits per heavy atom. The van der Waals surface area contributed by atoms with Crippen LogP contribution in [-0.4, -0.2) is 44.3 Å². The molecule has 1 aliphatic rings. The molecule has 0 aromatic carbocycles. The fourth-order valence-electron chi connectivity index (χ4n) is 0.716. The molecular formula is C4H10N2O4S. The van der Waals surface area contributed by atoms with E-state index in [2.05, 4.69) is 9.56 Å². The van der Waals surface area contributed by atoms with E-state index in [1.165, 1.54) is 7.05 Å². The van der Waals surface area contributed by atoms with Gasteiger partial charge < -0.3 is 5.11 Å². The molecule has 0 amide bonds. The Kier molecular flexibility index (Phi) is 2.45. The number of nitrogens with zero attached hydrogens (tertiary/aromatic N) is 1. The van der Waals surface area contributed by atoms with Gasteiger partial charge in [-0.2, -0.15) is 8.42 Å².